The summed E-state index contributed by atoms with van der Waals surface area (Å²) in [4.78, 5) is 16.3. The molecule has 2 rings (SSSR count). The molecule has 0 atom stereocenters. The summed E-state index contributed by atoms with van der Waals surface area (Å²) in [5, 5.41) is 5.81. The lowest BCUT2D eigenvalue weighted by Gasteiger charge is -2.13. The quantitative estimate of drug-likeness (QED) is 0.773. The van der Waals surface area contributed by atoms with Crippen LogP contribution in [-0.4, -0.2) is 44.8 Å². The molecule has 0 aliphatic heterocycles. The maximum Gasteiger partial charge on any atom is 0.238 e. The predicted octanol–water partition coefficient (Wildman–Crippen LogP) is 2.03. The van der Waals surface area contributed by atoms with E-state index in [1.807, 2.05) is 20.8 Å². The van der Waals surface area contributed by atoms with Crippen LogP contribution in [0.1, 0.15) is 20.8 Å². The first-order chi connectivity index (χ1) is 11.2. The topological polar surface area (TPSA) is 97.4 Å². The normalized spacial score (nSPS) is 11.9. The number of sulfone groups is 1. The van der Waals surface area contributed by atoms with Gasteiger partial charge in [-0.3, -0.25) is 4.79 Å². The lowest BCUT2D eigenvalue weighted by atomic mass is 10.2. The second-order valence-corrected chi connectivity index (χ2v) is 8.77. The molecule has 132 valence electrons. The van der Waals surface area contributed by atoms with E-state index >= 15 is 0 Å². The molecule has 0 bridgehead atoms. The summed E-state index contributed by atoms with van der Waals surface area (Å²) in [6, 6.07) is 3.63. The highest BCUT2D eigenvalue weighted by Gasteiger charge is 2.20. The number of benzene rings is 1. The van der Waals surface area contributed by atoms with Crippen LogP contribution >= 0.6 is 11.3 Å². The summed E-state index contributed by atoms with van der Waals surface area (Å²) in [5.74, 6) is 0.222. The van der Waals surface area contributed by atoms with Gasteiger partial charge in [0.15, 0.2) is 0 Å². The van der Waals surface area contributed by atoms with Crippen molar-refractivity contribution in [2.45, 2.75) is 31.2 Å². The van der Waals surface area contributed by atoms with Gasteiger partial charge in [-0.2, -0.15) is 0 Å². The highest BCUT2D eigenvalue weighted by molar-refractivity contribution is 7.92. The van der Waals surface area contributed by atoms with E-state index < -0.39 is 9.84 Å². The number of carbonyl (C=O) groups excluding carboxylic acids is 1. The van der Waals surface area contributed by atoms with Gasteiger partial charge in [-0.25, -0.2) is 13.4 Å². The summed E-state index contributed by atoms with van der Waals surface area (Å²) in [7, 11) is -3.41. The molecule has 2 aromatic rings. The van der Waals surface area contributed by atoms with Crippen molar-refractivity contribution >= 4 is 43.0 Å². The van der Waals surface area contributed by atoms with Crippen LogP contribution < -0.4 is 15.4 Å². The van der Waals surface area contributed by atoms with Crippen LogP contribution in [0.4, 0.5) is 5.69 Å². The summed E-state index contributed by atoms with van der Waals surface area (Å²) in [6.07, 6.45) is 1.11. The summed E-state index contributed by atoms with van der Waals surface area (Å²) in [5.41, 5.74) is 0.820. The molecule has 0 spiro atoms. The van der Waals surface area contributed by atoms with Crippen LogP contribution in [0.2, 0.25) is 0 Å². The second kappa shape index (κ2) is 7.45. The third-order valence-corrected chi connectivity index (χ3v) is 5.75. The van der Waals surface area contributed by atoms with Gasteiger partial charge in [0.05, 0.1) is 17.9 Å². The molecular weight excluding hydrogens is 350 g/mol. The van der Waals surface area contributed by atoms with Gasteiger partial charge in [0.25, 0.3) is 0 Å². The van der Waals surface area contributed by atoms with Crippen LogP contribution in [0.25, 0.3) is 10.2 Å². The van der Waals surface area contributed by atoms with Crippen molar-refractivity contribution < 1.29 is 17.9 Å². The standard InChI is InChI=1S/C15H21N3O4S2/c1-5-22-10-6-7-11-14(18-15(23-11)24(4,20)21)13(10)17-12(19)8-16-9(2)3/h6-7,9,16H,5,8H2,1-4H3,(H,17,19). The summed E-state index contributed by atoms with van der Waals surface area (Å²) >= 11 is 1.07. The minimum absolute atomic E-state index is 0.0157. The third kappa shape index (κ3) is 4.43. The minimum Gasteiger partial charge on any atom is -0.492 e. The summed E-state index contributed by atoms with van der Waals surface area (Å²) < 4.78 is 29.7. The Hall–Kier alpha value is -1.71. The molecular formula is C15H21N3O4S2. The predicted molar refractivity (Wildman–Crippen MR) is 95.7 cm³/mol. The van der Waals surface area contributed by atoms with Crippen molar-refractivity contribution in [2.75, 3.05) is 24.7 Å². The number of amides is 1. The first-order valence-electron chi connectivity index (χ1n) is 7.52. The monoisotopic (exact) mass is 371 g/mol. The van der Waals surface area contributed by atoms with Crippen LogP contribution in [-0.2, 0) is 14.6 Å². The smallest absolute Gasteiger partial charge is 0.238 e. The molecule has 1 heterocycles. The molecule has 0 fully saturated rings. The SMILES string of the molecule is CCOc1ccc2sc(S(C)(=O)=O)nc2c1NC(=O)CNC(C)C. The van der Waals surface area contributed by atoms with Crippen LogP contribution in [0.5, 0.6) is 5.75 Å². The van der Waals surface area contributed by atoms with Gasteiger partial charge in [-0.05, 0) is 19.1 Å². The van der Waals surface area contributed by atoms with E-state index in [9.17, 15) is 13.2 Å². The van der Waals surface area contributed by atoms with E-state index in [0.717, 1.165) is 17.6 Å². The van der Waals surface area contributed by atoms with E-state index in [1.54, 1.807) is 12.1 Å². The molecule has 1 aromatic heterocycles. The van der Waals surface area contributed by atoms with E-state index in [0.29, 0.717) is 28.3 Å². The van der Waals surface area contributed by atoms with Crippen molar-refractivity contribution in [1.29, 1.82) is 0 Å². The zero-order valence-electron chi connectivity index (χ0n) is 14.0. The Kier molecular flexibility index (Phi) is 5.79. The number of nitrogens with one attached hydrogen (secondary N) is 2. The van der Waals surface area contributed by atoms with E-state index in [2.05, 4.69) is 15.6 Å². The van der Waals surface area contributed by atoms with Gasteiger partial charge in [0.2, 0.25) is 20.1 Å². The Morgan fingerprint density at radius 1 is 1.38 bits per heavy atom. The fraction of sp³-hybridized carbons (Fsp3) is 0.467. The van der Waals surface area contributed by atoms with Gasteiger partial charge in [0, 0.05) is 12.3 Å². The van der Waals surface area contributed by atoms with Crippen molar-refractivity contribution in [2.24, 2.45) is 0 Å². The first kappa shape index (κ1) is 18.6. The van der Waals surface area contributed by atoms with Crippen LogP contribution in [0.15, 0.2) is 16.5 Å². The fourth-order valence-electron chi connectivity index (χ4n) is 1.99. The average molecular weight is 371 g/mol. The van der Waals surface area contributed by atoms with E-state index in [1.165, 1.54) is 0 Å². The van der Waals surface area contributed by atoms with Crippen molar-refractivity contribution in [1.82, 2.24) is 10.3 Å². The molecule has 0 unspecified atom stereocenters. The highest BCUT2D eigenvalue weighted by atomic mass is 32.2. The minimum atomic E-state index is -3.41. The lowest BCUT2D eigenvalue weighted by Crippen LogP contribution is -2.32. The molecule has 0 radical (unpaired) electrons. The van der Waals surface area contributed by atoms with Gasteiger partial charge < -0.3 is 15.4 Å². The van der Waals surface area contributed by atoms with Gasteiger partial charge >= 0.3 is 0 Å². The van der Waals surface area contributed by atoms with E-state index in [-0.39, 0.29) is 22.8 Å². The molecule has 2 N–H and O–H groups in total. The number of carbonyl (C=O) groups is 1. The number of ether oxygens (including phenoxy) is 1. The zero-order chi connectivity index (χ0) is 17.9. The molecule has 0 saturated carbocycles. The largest absolute Gasteiger partial charge is 0.492 e. The zero-order valence-corrected chi connectivity index (χ0v) is 15.7. The number of hydrogen-bond acceptors (Lipinski definition) is 7. The van der Waals surface area contributed by atoms with Crippen molar-refractivity contribution in [3.05, 3.63) is 12.1 Å². The Bertz CT molecular complexity index is 844. The van der Waals surface area contributed by atoms with Crippen molar-refractivity contribution in [3.8, 4) is 5.75 Å². The maximum atomic E-state index is 12.1. The molecule has 1 amide bonds. The van der Waals surface area contributed by atoms with E-state index in [4.69, 9.17) is 4.74 Å². The number of rotatable bonds is 7. The number of thiazole rings is 1. The van der Waals surface area contributed by atoms with Gasteiger partial charge in [0.1, 0.15) is 17.0 Å². The fourth-order valence-corrected chi connectivity index (χ4v) is 3.83. The number of nitrogens with zero attached hydrogens (tertiary/aromatic N) is 1. The molecule has 0 saturated heterocycles. The van der Waals surface area contributed by atoms with Crippen LogP contribution in [0.3, 0.4) is 0 Å². The molecule has 0 aliphatic carbocycles. The Morgan fingerprint density at radius 2 is 2.08 bits per heavy atom. The molecule has 7 nitrogen and oxygen atoms in total. The Morgan fingerprint density at radius 3 is 2.67 bits per heavy atom. The number of hydrogen-bond donors (Lipinski definition) is 2. The Labute approximate surface area is 145 Å². The Balaban J connectivity index is 2.44. The maximum absolute atomic E-state index is 12.1. The molecule has 24 heavy (non-hydrogen) atoms. The average Bonchev–Trinajstić information content (AvgIpc) is 2.92. The molecule has 1 aromatic carbocycles. The van der Waals surface area contributed by atoms with Gasteiger partial charge in [-0.1, -0.05) is 13.8 Å². The highest BCUT2D eigenvalue weighted by Crippen LogP contribution is 2.37. The number of aromatic nitrogens is 1. The first-order valence-corrected chi connectivity index (χ1v) is 10.2. The summed E-state index contributed by atoms with van der Waals surface area (Å²) in [6.45, 7) is 6.28. The lowest BCUT2D eigenvalue weighted by molar-refractivity contribution is -0.115. The van der Waals surface area contributed by atoms with Gasteiger partial charge in [-0.15, -0.1) is 11.3 Å². The third-order valence-electron chi connectivity index (χ3n) is 3.06. The van der Waals surface area contributed by atoms with Crippen molar-refractivity contribution in [3.63, 3.8) is 0 Å². The molecule has 9 heteroatoms. The number of anilines is 1. The number of fused-ring (bicyclic) bond motifs is 1. The van der Waals surface area contributed by atoms with Crippen LogP contribution in [0, 0.1) is 0 Å². The second-order valence-electron chi connectivity index (χ2n) is 5.55. The molecule has 0 aliphatic rings.